The summed E-state index contributed by atoms with van der Waals surface area (Å²) in [5.41, 5.74) is 2.80. The van der Waals surface area contributed by atoms with E-state index in [0.29, 0.717) is 18.0 Å². The fourth-order valence-electron chi connectivity index (χ4n) is 4.47. The van der Waals surface area contributed by atoms with Crippen LogP contribution < -0.4 is 15.3 Å². The summed E-state index contributed by atoms with van der Waals surface area (Å²) in [4.78, 5) is 31.5. The van der Waals surface area contributed by atoms with E-state index in [2.05, 4.69) is 26.5 Å². The molecule has 0 unspecified atom stereocenters. The third-order valence-electron chi connectivity index (χ3n) is 6.19. The minimum Gasteiger partial charge on any atom is -0.550 e. The second-order valence-electron chi connectivity index (χ2n) is 9.94. The van der Waals surface area contributed by atoms with E-state index in [1.165, 1.54) is 16.2 Å². The highest BCUT2D eigenvalue weighted by Gasteiger charge is 2.45. The predicted octanol–water partition coefficient (Wildman–Crippen LogP) is 2.30. The number of benzene rings is 2. The fraction of sp³-hybridized carbons (Fsp3) is 0.400. The first kappa shape index (κ1) is 23.2. The number of carboxylic acid groups (broad SMARTS) is 1. The van der Waals surface area contributed by atoms with Gasteiger partial charge in [0.2, 0.25) is 5.91 Å². The first-order valence-corrected chi connectivity index (χ1v) is 11.9. The van der Waals surface area contributed by atoms with Crippen molar-refractivity contribution >= 4 is 44.2 Å². The Hall–Kier alpha value is -2.97. The molecule has 0 aliphatic heterocycles. The minimum atomic E-state index is -1.21. The van der Waals surface area contributed by atoms with Crippen LogP contribution in [0.1, 0.15) is 17.5 Å². The van der Waals surface area contributed by atoms with E-state index in [1.54, 1.807) is 7.05 Å². The Morgan fingerprint density at radius 1 is 1.15 bits per heavy atom. The number of amides is 1. The van der Waals surface area contributed by atoms with E-state index in [0.717, 1.165) is 44.6 Å². The summed E-state index contributed by atoms with van der Waals surface area (Å²) in [7, 11) is 8.14. The van der Waals surface area contributed by atoms with Gasteiger partial charge in [0.15, 0.2) is 5.13 Å². The van der Waals surface area contributed by atoms with Gasteiger partial charge in [0.25, 0.3) is 0 Å². The molecule has 0 spiro atoms. The molecule has 1 aromatic heterocycles. The van der Waals surface area contributed by atoms with E-state index in [4.69, 9.17) is 4.98 Å². The maximum Gasteiger partial charge on any atom is 0.235 e. The predicted molar refractivity (Wildman–Crippen MR) is 130 cm³/mol. The summed E-state index contributed by atoms with van der Waals surface area (Å²) >= 11 is 1.43. The maximum atomic E-state index is 13.6. The number of likely N-dealkylation sites (N-methyl/N-ethyl adjacent to an activating group) is 1. The van der Waals surface area contributed by atoms with Crippen LogP contribution in [0.2, 0.25) is 0 Å². The van der Waals surface area contributed by atoms with Gasteiger partial charge < -0.3 is 19.7 Å². The van der Waals surface area contributed by atoms with Gasteiger partial charge >= 0.3 is 0 Å². The van der Waals surface area contributed by atoms with Crippen molar-refractivity contribution in [1.29, 1.82) is 0 Å². The number of nitrogens with one attached hydrogen (secondary N) is 1. The average Bonchev–Trinajstić information content (AvgIpc) is 3.32. The molecular formula is C25H30N4O3S. The second kappa shape index (κ2) is 8.76. The summed E-state index contributed by atoms with van der Waals surface area (Å²) in [5, 5.41) is 15.6. The van der Waals surface area contributed by atoms with Gasteiger partial charge in [0.1, 0.15) is 0 Å². The molecule has 0 radical (unpaired) electrons. The van der Waals surface area contributed by atoms with Gasteiger partial charge in [-0.15, -0.1) is 0 Å². The molecule has 174 valence electrons. The standard InChI is InChI=1S/C25H30N4O3S/c1-28(23(32)25(16-22(30)31)14-17-7-5-6-8-18(17)15-25)24-27-20-13-19(9-10-21(20)33-24)26-11-12-29(2,3)4/h5-10,13,26H,11-12,14-16H2,1-4H3. The van der Waals surface area contributed by atoms with Gasteiger partial charge in [-0.05, 0) is 42.2 Å². The summed E-state index contributed by atoms with van der Waals surface area (Å²) in [6, 6.07) is 13.8. The Bertz CT molecular complexity index is 1170. The molecular weight excluding hydrogens is 436 g/mol. The number of carbonyl (C=O) groups excluding carboxylic acids is 2. The highest BCUT2D eigenvalue weighted by atomic mass is 32.1. The van der Waals surface area contributed by atoms with Gasteiger partial charge in [-0.1, -0.05) is 35.6 Å². The van der Waals surface area contributed by atoms with E-state index >= 15 is 0 Å². The van der Waals surface area contributed by atoms with Crippen molar-refractivity contribution in [2.24, 2.45) is 5.41 Å². The molecule has 33 heavy (non-hydrogen) atoms. The van der Waals surface area contributed by atoms with Crippen molar-refractivity contribution in [3.63, 3.8) is 0 Å². The molecule has 1 amide bonds. The lowest BCUT2D eigenvalue weighted by Gasteiger charge is -2.31. The second-order valence-corrected chi connectivity index (χ2v) is 10.9. The smallest absolute Gasteiger partial charge is 0.235 e. The average molecular weight is 467 g/mol. The van der Waals surface area contributed by atoms with Crippen LogP contribution in [0.5, 0.6) is 0 Å². The lowest BCUT2D eigenvalue weighted by Crippen LogP contribution is -2.46. The Balaban J connectivity index is 1.56. The number of rotatable bonds is 8. The number of quaternary nitrogens is 1. The zero-order valence-corrected chi connectivity index (χ0v) is 20.4. The number of nitrogens with zero attached hydrogens (tertiary/aromatic N) is 3. The van der Waals surface area contributed by atoms with E-state index < -0.39 is 11.4 Å². The zero-order chi connectivity index (χ0) is 23.8. The normalized spacial score (nSPS) is 14.8. The minimum absolute atomic E-state index is 0.233. The number of carbonyl (C=O) groups is 2. The third kappa shape index (κ3) is 5.02. The summed E-state index contributed by atoms with van der Waals surface area (Å²) in [5.74, 6) is -1.44. The molecule has 1 N–H and O–H groups in total. The number of hydrogen-bond donors (Lipinski definition) is 1. The van der Waals surface area contributed by atoms with E-state index in [-0.39, 0.29) is 12.3 Å². The lowest BCUT2D eigenvalue weighted by atomic mass is 9.80. The molecule has 1 heterocycles. The largest absolute Gasteiger partial charge is 0.550 e. The third-order valence-corrected chi connectivity index (χ3v) is 7.30. The first-order valence-electron chi connectivity index (χ1n) is 11.1. The zero-order valence-electron chi connectivity index (χ0n) is 19.6. The van der Waals surface area contributed by atoms with Crippen molar-refractivity contribution in [3.8, 4) is 0 Å². The Morgan fingerprint density at radius 3 is 2.42 bits per heavy atom. The molecule has 8 heteroatoms. The van der Waals surface area contributed by atoms with Crippen LogP contribution in [-0.2, 0) is 22.4 Å². The van der Waals surface area contributed by atoms with Crippen LogP contribution >= 0.6 is 11.3 Å². The Morgan fingerprint density at radius 2 is 1.82 bits per heavy atom. The number of carboxylic acids is 1. The maximum absolute atomic E-state index is 13.6. The number of hydrogen-bond acceptors (Lipinski definition) is 6. The van der Waals surface area contributed by atoms with Crippen molar-refractivity contribution in [2.45, 2.75) is 19.3 Å². The van der Waals surface area contributed by atoms with E-state index in [1.807, 2.05) is 42.5 Å². The van der Waals surface area contributed by atoms with Crippen LogP contribution in [-0.4, -0.2) is 62.6 Å². The molecule has 2 aromatic carbocycles. The number of fused-ring (bicyclic) bond motifs is 2. The molecule has 0 saturated carbocycles. The first-order chi connectivity index (χ1) is 15.6. The van der Waals surface area contributed by atoms with Gasteiger partial charge in [0, 0.05) is 25.1 Å². The van der Waals surface area contributed by atoms with Crippen molar-refractivity contribution in [3.05, 3.63) is 53.6 Å². The molecule has 0 fully saturated rings. The molecule has 0 saturated heterocycles. The van der Waals surface area contributed by atoms with Crippen LogP contribution in [0, 0.1) is 5.41 Å². The highest BCUT2D eigenvalue weighted by Crippen LogP contribution is 2.42. The fourth-order valence-corrected chi connectivity index (χ4v) is 5.37. The van der Waals surface area contributed by atoms with Crippen LogP contribution in [0.25, 0.3) is 10.2 Å². The summed E-state index contributed by atoms with van der Waals surface area (Å²) < 4.78 is 1.85. The number of aliphatic carboxylic acids is 1. The monoisotopic (exact) mass is 466 g/mol. The van der Waals surface area contributed by atoms with Gasteiger partial charge in [-0.2, -0.15) is 0 Å². The van der Waals surface area contributed by atoms with Crippen LogP contribution in [0.4, 0.5) is 10.8 Å². The van der Waals surface area contributed by atoms with E-state index in [9.17, 15) is 14.7 Å². The topological polar surface area (TPSA) is 85.4 Å². The SMILES string of the molecule is CN(C(=O)C1(CC(=O)[O-])Cc2ccccc2C1)c1nc2cc(NCC[N+](C)(C)C)ccc2s1. The summed E-state index contributed by atoms with van der Waals surface area (Å²) in [6.07, 6.45) is 0.479. The molecule has 0 atom stereocenters. The lowest BCUT2D eigenvalue weighted by molar-refractivity contribution is -0.868. The molecule has 1 aliphatic carbocycles. The number of thiazole rings is 1. The quantitative estimate of drug-likeness (QED) is 0.515. The van der Waals surface area contributed by atoms with Crippen molar-refractivity contribution in [2.75, 3.05) is 51.5 Å². The number of anilines is 2. The van der Waals surface area contributed by atoms with Crippen molar-refractivity contribution < 1.29 is 19.2 Å². The molecule has 7 nitrogen and oxygen atoms in total. The Kier molecular flexibility index (Phi) is 6.16. The molecule has 4 rings (SSSR count). The van der Waals surface area contributed by atoms with Gasteiger partial charge in [-0.3, -0.25) is 9.69 Å². The Labute approximate surface area is 198 Å². The van der Waals surface area contributed by atoms with Crippen LogP contribution in [0.15, 0.2) is 42.5 Å². The van der Waals surface area contributed by atoms with Gasteiger partial charge in [0.05, 0.1) is 49.9 Å². The van der Waals surface area contributed by atoms with Crippen LogP contribution in [0.3, 0.4) is 0 Å². The van der Waals surface area contributed by atoms with Gasteiger partial charge in [-0.25, -0.2) is 4.98 Å². The molecule has 1 aliphatic rings. The van der Waals surface area contributed by atoms with Crippen molar-refractivity contribution in [1.82, 2.24) is 4.98 Å². The number of aromatic nitrogens is 1. The summed E-state index contributed by atoms with van der Waals surface area (Å²) in [6.45, 7) is 1.83. The molecule has 3 aromatic rings. The molecule has 0 bridgehead atoms. The highest BCUT2D eigenvalue weighted by molar-refractivity contribution is 7.22.